The molecule has 1 unspecified atom stereocenters. The fraction of sp³-hybridized carbons (Fsp3) is 0.500. The first-order valence-corrected chi connectivity index (χ1v) is 7.31. The second-order valence-corrected chi connectivity index (χ2v) is 6.02. The van der Waals surface area contributed by atoms with E-state index in [1.54, 1.807) is 6.92 Å². The van der Waals surface area contributed by atoms with Crippen LogP contribution in [0, 0.1) is 11.7 Å². The molecule has 7 heteroatoms. The topological polar surface area (TPSA) is 20.3 Å². The molecule has 1 aliphatic carbocycles. The number of amides is 1. The van der Waals surface area contributed by atoms with Crippen molar-refractivity contribution in [1.29, 1.82) is 0 Å². The van der Waals surface area contributed by atoms with E-state index in [2.05, 4.69) is 15.9 Å². The molecule has 0 spiro atoms. The maximum Gasteiger partial charge on any atom is 0.406 e. The molecule has 2 rings (SSSR count). The van der Waals surface area contributed by atoms with Gasteiger partial charge in [-0.3, -0.25) is 4.79 Å². The molecular formula is C14H14BrF4NO. The molecule has 116 valence electrons. The summed E-state index contributed by atoms with van der Waals surface area (Å²) in [6, 6.07) is 3.24. The first-order chi connectivity index (χ1) is 9.70. The highest BCUT2D eigenvalue weighted by Crippen LogP contribution is 2.37. The zero-order valence-corrected chi connectivity index (χ0v) is 12.8. The standard InChI is InChI=1S/C14H14BrF4NO/c1-8(9-5-6-9)20(7-14(17,18)19)13(21)10-3-2-4-11(16)12(10)15/h2-4,8-9H,5-7H2,1H3. The van der Waals surface area contributed by atoms with Gasteiger partial charge < -0.3 is 4.90 Å². The van der Waals surface area contributed by atoms with Crippen LogP contribution in [0.2, 0.25) is 0 Å². The molecule has 0 heterocycles. The molecule has 1 atom stereocenters. The Hall–Kier alpha value is -1.11. The lowest BCUT2D eigenvalue weighted by molar-refractivity contribution is -0.144. The van der Waals surface area contributed by atoms with Crippen LogP contribution in [-0.4, -0.2) is 29.6 Å². The van der Waals surface area contributed by atoms with Gasteiger partial charge in [-0.15, -0.1) is 0 Å². The fourth-order valence-corrected chi connectivity index (χ4v) is 2.68. The van der Waals surface area contributed by atoms with E-state index in [-0.39, 0.29) is 16.0 Å². The van der Waals surface area contributed by atoms with Gasteiger partial charge >= 0.3 is 6.18 Å². The number of halogens is 5. The van der Waals surface area contributed by atoms with Crippen molar-refractivity contribution in [2.75, 3.05) is 6.54 Å². The van der Waals surface area contributed by atoms with Crippen molar-refractivity contribution in [3.05, 3.63) is 34.1 Å². The van der Waals surface area contributed by atoms with Crippen LogP contribution in [0.25, 0.3) is 0 Å². The minimum absolute atomic E-state index is 0.0867. The SMILES string of the molecule is CC(C1CC1)N(CC(F)(F)F)C(=O)c1cccc(F)c1Br. The maximum atomic E-state index is 13.5. The molecule has 0 bridgehead atoms. The number of benzene rings is 1. The molecule has 0 radical (unpaired) electrons. The van der Waals surface area contributed by atoms with Crippen molar-refractivity contribution in [2.24, 2.45) is 5.92 Å². The van der Waals surface area contributed by atoms with Crippen LogP contribution in [0.15, 0.2) is 22.7 Å². The maximum absolute atomic E-state index is 13.5. The lowest BCUT2D eigenvalue weighted by Gasteiger charge is -2.30. The molecule has 1 fully saturated rings. The number of hydrogen-bond acceptors (Lipinski definition) is 1. The molecule has 0 N–H and O–H groups in total. The average molecular weight is 368 g/mol. The molecular weight excluding hydrogens is 354 g/mol. The Kier molecular flexibility index (Phi) is 4.60. The van der Waals surface area contributed by atoms with E-state index in [1.165, 1.54) is 12.1 Å². The fourth-order valence-electron chi connectivity index (χ4n) is 2.25. The number of carbonyl (C=O) groups excluding carboxylic acids is 1. The largest absolute Gasteiger partial charge is 0.406 e. The molecule has 0 saturated heterocycles. The van der Waals surface area contributed by atoms with Crippen LogP contribution in [0.3, 0.4) is 0 Å². The third kappa shape index (κ3) is 3.96. The summed E-state index contributed by atoms with van der Waals surface area (Å²) in [4.78, 5) is 13.2. The van der Waals surface area contributed by atoms with Gasteiger partial charge in [0.05, 0.1) is 10.0 Å². The summed E-state index contributed by atoms with van der Waals surface area (Å²) < 4.78 is 51.5. The first kappa shape index (κ1) is 16.3. The van der Waals surface area contributed by atoms with Gasteiger partial charge in [0, 0.05) is 6.04 Å². The van der Waals surface area contributed by atoms with Gasteiger partial charge in [-0.2, -0.15) is 13.2 Å². The molecule has 0 aromatic heterocycles. The number of carbonyl (C=O) groups is 1. The summed E-state index contributed by atoms with van der Waals surface area (Å²) >= 11 is 2.93. The molecule has 1 aromatic rings. The highest BCUT2D eigenvalue weighted by Gasteiger charge is 2.41. The van der Waals surface area contributed by atoms with Gasteiger partial charge in [0.25, 0.3) is 5.91 Å². The lowest BCUT2D eigenvalue weighted by atomic mass is 10.1. The van der Waals surface area contributed by atoms with Crippen molar-refractivity contribution in [3.63, 3.8) is 0 Å². The Morgan fingerprint density at radius 2 is 2.05 bits per heavy atom. The summed E-state index contributed by atoms with van der Waals surface area (Å²) in [6.07, 6.45) is -2.86. The first-order valence-electron chi connectivity index (χ1n) is 6.52. The van der Waals surface area contributed by atoms with Gasteiger partial charge in [0.1, 0.15) is 12.4 Å². The molecule has 1 aromatic carbocycles. The Labute approximate surface area is 128 Å². The summed E-state index contributed by atoms with van der Waals surface area (Å²) in [5.41, 5.74) is -0.0910. The van der Waals surface area contributed by atoms with Crippen LogP contribution in [0.4, 0.5) is 17.6 Å². The van der Waals surface area contributed by atoms with Crippen molar-refractivity contribution >= 4 is 21.8 Å². The molecule has 1 amide bonds. The minimum atomic E-state index is -4.49. The summed E-state index contributed by atoms with van der Waals surface area (Å²) in [7, 11) is 0. The third-order valence-corrected chi connectivity index (χ3v) is 4.39. The van der Waals surface area contributed by atoms with Gasteiger partial charge in [0.2, 0.25) is 0 Å². The Balaban J connectivity index is 2.30. The highest BCUT2D eigenvalue weighted by atomic mass is 79.9. The van der Waals surface area contributed by atoms with Crippen LogP contribution >= 0.6 is 15.9 Å². The minimum Gasteiger partial charge on any atom is -0.327 e. The predicted octanol–water partition coefficient (Wildman–Crippen LogP) is 4.39. The molecule has 1 aliphatic rings. The van der Waals surface area contributed by atoms with Crippen molar-refractivity contribution in [1.82, 2.24) is 4.90 Å². The molecule has 21 heavy (non-hydrogen) atoms. The second-order valence-electron chi connectivity index (χ2n) is 5.23. The molecule has 2 nitrogen and oxygen atoms in total. The molecule has 1 saturated carbocycles. The smallest absolute Gasteiger partial charge is 0.327 e. The summed E-state index contributed by atoms with van der Waals surface area (Å²) in [6.45, 7) is 0.279. The van der Waals surface area contributed by atoms with Gasteiger partial charge in [-0.1, -0.05) is 6.07 Å². The molecule has 0 aliphatic heterocycles. The number of rotatable bonds is 4. The van der Waals surface area contributed by atoms with Crippen LogP contribution < -0.4 is 0 Å². The van der Waals surface area contributed by atoms with E-state index in [1.807, 2.05) is 0 Å². The predicted molar refractivity (Wildman–Crippen MR) is 73.4 cm³/mol. The summed E-state index contributed by atoms with van der Waals surface area (Å²) in [5.74, 6) is -1.39. The quantitative estimate of drug-likeness (QED) is 0.722. The Bertz CT molecular complexity index is 542. The third-order valence-electron chi connectivity index (χ3n) is 3.59. The second kappa shape index (κ2) is 5.94. The van der Waals surface area contributed by atoms with E-state index in [0.29, 0.717) is 0 Å². The van der Waals surface area contributed by atoms with Crippen molar-refractivity contribution in [2.45, 2.75) is 32.0 Å². The number of hydrogen-bond donors (Lipinski definition) is 0. The lowest BCUT2D eigenvalue weighted by Crippen LogP contribution is -2.45. The van der Waals surface area contributed by atoms with Crippen molar-refractivity contribution in [3.8, 4) is 0 Å². The van der Waals surface area contributed by atoms with E-state index in [4.69, 9.17) is 0 Å². The zero-order valence-electron chi connectivity index (χ0n) is 11.3. The van der Waals surface area contributed by atoms with Gasteiger partial charge in [-0.25, -0.2) is 4.39 Å². The highest BCUT2D eigenvalue weighted by molar-refractivity contribution is 9.10. The normalized spacial score (nSPS) is 16.7. The van der Waals surface area contributed by atoms with E-state index >= 15 is 0 Å². The summed E-state index contributed by atoms with van der Waals surface area (Å²) in [5, 5.41) is 0. The van der Waals surface area contributed by atoms with E-state index in [9.17, 15) is 22.4 Å². The van der Waals surface area contributed by atoms with Gasteiger partial charge in [0.15, 0.2) is 0 Å². The van der Waals surface area contributed by atoms with Crippen LogP contribution in [0.1, 0.15) is 30.1 Å². The number of nitrogens with zero attached hydrogens (tertiary/aromatic N) is 1. The van der Waals surface area contributed by atoms with E-state index < -0.39 is 30.5 Å². The monoisotopic (exact) mass is 367 g/mol. The number of alkyl halides is 3. The Morgan fingerprint density at radius 3 is 2.57 bits per heavy atom. The van der Waals surface area contributed by atoms with E-state index in [0.717, 1.165) is 23.8 Å². The Morgan fingerprint density at radius 1 is 1.43 bits per heavy atom. The van der Waals surface area contributed by atoms with Crippen LogP contribution in [0.5, 0.6) is 0 Å². The average Bonchev–Trinajstić information content (AvgIpc) is 3.21. The van der Waals surface area contributed by atoms with Crippen LogP contribution in [-0.2, 0) is 0 Å². The zero-order chi connectivity index (χ0) is 15.8. The van der Waals surface area contributed by atoms with Crippen molar-refractivity contribution < 1.29 is 22.4 Å². The van der Waals surface area contributed by atoms with Gasteiger partial charge in [-0.05, 0) is 53.7 Å².